The number of hydrazone groups is 1. The van der Waals surface area contributed by atoms with Crippen molar-refractivity contribution in [3.05, 3.63) is 72.2 Å². The van der Waals surface area contributed by atoms with E-state index in [2.05, 4.69) is 44.7 Å². The van der Waals surface area contributed by atoms with Gasteiger partial charge in [-0.2, -0.15) is 5.10 Å². The number of anilines is 1. The predicted octanol–water partition coefficient (Wildman–Crippen LogP) is 3.62. The third kappa shape index (κ3) is 4.81. The fraction of sp³-hybridized carbons (Fsp3) is 0.238. The molecule has 0 atom stereocenters. The minimum atomic E-state index is 0.752. The fourth-order valence-electron chi connectivity index (χ4n) is 2.98. The lowest BCUT2D eigenvalue weighted by Crippen LogP contribution is -2.35. The Hall–Kier alpha value is -2.96. The van der Waals surface area contributed by atoms with Crippen LogP contribution >= 0.6 is 0 Å². The number of hydrogen-bond donors (Lipinski definition) is 1. The molecule has 6 nitrogen and oxygen atoms in total. The minimum absolute atomic E-state index is 0.752. The van der Waals surface area contributed by atoms with Gasteiger partial charge >= 0.3 is 0 Å². The second kappa shape index (κ2) is 8.62. The lowest BCUT2D eigenvalue weighted by atomic mass is 10.1. The van der Waals surface area contributed by atoms with Gasteiger partial charge in [-0.1, -0.05) is 24.3 Å². The van der Waals surface area contributed by atoms with E-state index in [-0.39, 0.29) is 0 Å². The zero-order valence-electron chi connectivity index (χ0n) is 15.0. The second-order valence-corrected chi connectivity index (χ2v) is 6.44. The van der Waals surface area contributed by atoms with E-state index in [1.54, 1.807) is 6.20 Å². The van der Waals surface area contributed by atoms with Crippen molar-refractivity contribution >= 4 is 11.9 Å². The molecule has 1 aliphatic rings. The maximum atomic E-state index is 5.39. The molecule has 1 fully saturated rings. The number of morpholine rings is 1. The van der Waals surface area contributed by atoms with Gasteiger partial charge in [0.05, 0.1) is 31.3 Å². The van der Waals surface area contributed by atoms with Crippen molar-refractivity contribution in [1.29, 1.82) is 0 Å². The second-order valence-electron chi connectivity index (χ2n) is 6.44. The lowest BCUT2D eigenvalue weighted by molar-refractivity contribution is 0.0342. The molecule has 0 saturated carbocycles. The summed E-state index contributed by atoms with van der Waals surface area (Å²) in [6, 6.07) is 16.4. The summed E-state index contributed by atoms with van der Waals surface area (Å²) >= 11 is 0. The molecular formula is C21H22N4O2. The van der Waals surface area contributed by atoms with Gasteiger partial charge in [0.25, 0.3) is 0 Å². The average Bonchev–Trinajstić information content (AvgIpc) is 3.26. The molecule has 0 bridgehead atoms. The van der Waals surface area contributed by atoms with Crippen molar-refractivity contribution in [3.63, 3.8) is 0 Å². The first kappa shape index (κ1) is 17.5. The van der Waals surface area contributed by atoms with E-state index in [1.807, 2.05) is 30.5 Å². The quantitative estimate of drug-likeness (QED) is 0.536. The number of aromatic nitrogens is 1. The maximum absolute atomic E-state index is 5.39. The summed E-state index contributed by atoms with van der Waals surface area (Å²) < 4.78 is 10.7. The third-order valence-corrected chi connectivity index (χ3v) is 4.50. The first-order valence-corrected chi connectivity index (χ1v) is 9.04. The molecule has 6 heteroatoms. The van der Waals surface area contributed by atoms with Crippen LogP contribution < -0.4 is 5.43 Å². The highest BCUT2D eigenvalue weighted by molar-refractivity contribution is 5.80. The van der Waals surface area contributed by atoms with Crippen LogP contribution in [-0.2, 0) is 11.3 Å². The summed E-state index contributed by atoms with van der Waals surface area (Å²) in [6.07, 6.45) is 4.95. The Balaban J connectivity index is 1.30. The number of benzene rings is 2. The SMILES string of the molecule is C(=NNc1ccc(-c2cnco2)cc1)c1ccc(CN2CCOCC2)cc1. The Morgan fingerprint density at radius 1 is 1.04 bits per heavy atom. The molecule has 1 aliphatic heterocycles. The van der Waals surface area contributed by atoms with E-state index in [4.69, 9.17) is 9.15 Å². The van der Waals surface area contributed by atoms with Crippen molar-refractivity contribution in [2.45, 2.75) is 6.54 Å². The Labute approximate surface area is 158 Å². The highest BCUT2D eigenvalue weighted by Crippen LogP contribution is 2.20. The Kier molecular flexibility index (Phi) is 5.57. The van der Waals surface area contributed by atoms with Crippen molar-refractivity contribution in [2.24, 2.45) is 5.10 Å². The smallest absolute Gasteiger partial charge is 0.181 e. The fourth-order valence-corrected chi connectivity index (χ4v) is 2.98. The van der Waals surface area contributed by atoms with Gasteiger partial charge in [-0.3, -0.25) is 10.3 Å². The minimum Gasteiger partial charge on any atom is -0.444 e. The van der Waals surface area contributed by atoms with E-state index in [0.717, 1.165) is 55.4 Å². The van der Waals surface area contributed by atoms with Crippen LogP contribution in [0.2, 0.25) is 0 Å². The van der Waals surface area contributed by atoms with E-state index in [1.165, 1.54) is 12.0 Å². The monoisotopic (exact) mass is 362 g/mol. The zero-order valence-corrected chi connectivity index (χ0v) is 15.0. The van der Waals surface area contributed by atoms with Gasteiger partial charge in [0.1, 0.15) is 0 Å². The van der Waals surface area contributed by atoms with Crippen LogP contribution in [0.25, 0.3) is 11.3 Å². The van der Waals surface area contributed by atoms with Gasteiger partial charge in [0.15, 0.2) is 12.2 Å². The predicted molar refractivity (Wildman–Crippen MR) is 106 cm³/mol. The summed E-state index contributed by atoms with van der Waals surface area (Å²) in [5, 5.41) is 4.31. The normalized spacial score (nSPS) is 15.3. The Bertz CT molecular complexity index is 852. The highest BCUT2D eigenvalue weighted by Gasteiger charge is 2.10. The Morgan fingerprint density at radius 2 is 1.81 bits per heavy atom. The molecule has 1 saturated heterocycles. The van der Waals surface area contributed by atoms with Crippen LogP contribution in [0.5, 0.6) is 0 Å². The van der Waals surface area contributed by atoms with Crippen LogP contribution in [0.1, 0.15) is 11.1 Å². The van der Waals surface area contributed by atoms with E-state index >= 15 is 0 Å². The third-order valence-electron chi connectivity index (χ3n) is 4.50. The molecule has 138 valence electrons. The van der Waals surface area contributed by atoms with Crippen LogP contribution in [0.15, 0.2) is 70.6 Å². The molecule has 0 spiro atoms. The molecule has 2 heterocycles. The highest BCUT2D eigenvalue weighted by atomic mass is 16.5. The first-order valence-electron chi connectivity index (χ1n) is 9.04. The largest absolute Gasteiger partial charge is 0.444 e. The number of nitrogens with zero attached hydrogens (tertiary/aromatic N) is 3. The van der Waals surface area contributed by atoms with Crippen LogP contribution in [-0.4, -0.2) is 42.4 Å². The molecule has 27 heavy (non-hydrogen) atoms. The van der Waals surface area contributed by atoms with Crippen molar-refractivity contribution < 1.29 is 9.15 Å². The van der Waals surface area contributed by atoms with Gasteiger partial charge < -0.3 is 9.15 Å². The molecule has 0 unspecified atom stereocenters. The van der Waals surface area contributed by atoms with Crippen molar-refractivity contribution in [3.8, 4) is 11.3 Å². The van der Waals surface area contributed by atoms with E-state index in [0.29, 0.717) is 0 Å². The van der Waals surface area contributed by atoms with Crippen molar-refractivity contribution in [2.75, 3.05) is 31.7 Å². The Morgan fingerprint density at radius 3 is 2.52 bits per heavy atom. The van der Waals surface area contributed by atoms with Gasteiger partial charge in [-0.25, -0.2) is 4.98 Å². The summed E-state index contributed by atoms with van der Waals surface area (Å²) in [6.45, 7) is 4.63. The zero-order chi connectivity index (χ0) is 18.3. The van der Waals surface area contributed by atoms with E-state index < -0.39 is 0 Å². The van der Waals surface area contributed by atoms with E-state index in [9.17, 15) is 0 Å². The van der Waals surface area contributed by atoms with Crippen molar-refractivity contribution in [1.82, 2.24) is 9.88 Å². The molecule has 2 aromatic carbocycles. The number of oxazole rings is 1. The topological polar surface area (TPSA) is 62.9 Å². The van der Waals surface area contributed by atoms with Gasteiger partial charge in [-0.05, 0) is 35.4 Å². The number of ether oxygens (including phenoxy) is 1. The van der Waals surface area contributed by atoms with Crippen LogP contribution in [0.3, 0.4) is 0 Å². The molecule has 1 N–H and O–H groups in total. The van der Waals surface area contributed by atoms with Gasteiger partial charge in [0, 0.05) is 25.2 Å². The molecule has 0 radical (unpaired) electrons. The summed E-state index contributed by atoms with van der Waals surface area (Å²) in [5.74, 6) is 0.752. The lowest BCUT2D eigenvalue weighted by Gasteiger charge is -2.26. The molecule has 1 aromatic heterocycles. The standard InChI is InChI=1S/C21H22N4O2/c1-3-18(15-25-9-11-26-12-10-25)4-2-17(1)13-23-24-20-7-5-19(6-8-20)21-14-22-16-27-21/h1-8,13-14,16,24H,9-12,15H2. The molecule has 4 rings (SSSR count). The summed E-state index contributed by atoms with van der Waals surface area (Å²) in [4.78, 5) is 6.34. The maximum Gasteiger partial charge on any atom is 0.181 e. The number of rotatable bonds is 6. The molecule has 0 amide bonds. The van der Waals surface area contributed by atoms with Crippen LogP contribution in [0.4, 0.5) is 5.69 Å². The first-order chi connectivity index (χ1) is 13.4. The van der Waals surface area contributed by atoms with Gasteiger partial charge in [0.2, 0.25) is 0 Å². The van der Waals surface area contributed by atoms with Crippen LogP contribution in [0, 0.1) is 0 Å². The molecule has 0 aliphatic carbocycles. The number of nitrogens with one attached hydrogen (secondary N) is 1. The number of hydrogen-bond acceptors (Lipinski definition) is 6. The molecule has 3 aromatic rings. The summed E-state index contributed by atoms with van der Waals surface area (Å²) in [5.41, 5.74) is 7.32. The average molecular weight is 362 g/mol. The van der Waals surface area contributed by atoms with Gasteiger partial charge in [-0.15, -0.1) is 0 Å². The molecular weight excluding hydrogens is 340 g/mol. The summed E-state index contributed by atoms with van der Waals surface area (Å²) in [7, 11) is 0.